The van der Waals surface area contributed by atoms with Gasteiger partial charge in [-0.05, 0) is 43.7 Å². The molecule has 1 atom stereocenters. The monoisotopic (exact) mass is 236 g/mol. The smallest absolute Gasteiger partial charge is 0.135 e. The zero-order valence-corrected chi connectivity index (χ0v) is 9.95. The van der Waals surface area contributed by atoms with Crippen LogP contribution in [0.1, 0.15) is 24.4 Å². The van der Waals surface area contributed by atoms with Crippen molar-refractivity contribution in [1.82, 2.24) is 0 Å². The van der Waals surface area contributed by atoms with E-state index in [4.69, 9.17) is 16.0 Å². The van der Waals surface area contributed by atoms with E-state index in [-0.39, 0.29) is 0 Å². The molecule has 1 aromatic carbocycles. The molecule has 3 heteroatoms. The van der Waals surface area contributed by atoms with E-state index in [1.807, 2.05) is 31.2 Å². The number of aryl methyl sites for hydroxylation is 1. The van der Waals surface area contributed by atoms with E-state index in [0.717, 1.165) is 11.1 Å². The third-order valence-electron chi connectivity index (χ3n) is 2.43. The van der Waals surface area contributed by atoms with Gasteiger partial charge in [-0.15, -0.1) is 0 Å². The number of rotatable bonds is 2. The van der Waals surface area contributed by atoms with Crippen LogP contribution in [0.25, 0.3) is 11.3 Å². The van der Waals surface area contributed by atoms with Gasteiger partial charge < -0.3 is 9.52 Å². The van der Waals surface area contributed by atoms with Crippen molar-refractivity contribution in [1.29, 1.82) is 0 Å². The Morgan fingerprint density at radius 3 is 2.56 bits per heavy atom. The van der Waals surface area contributed by atoms with E-state index < -0.39 is 6.10 Å². The molecule has 2 rings (SSSR count). The minimum atomic E-state index is -0.599. The summed E-state index contributed by atoms with van der Waals surface area (Å²) >= 11 is 6.13. The van der Waals surface area contributed by atoms with Gasteiger partial charge in [0, 0.05) is 5.56 Å². The van der Waals surface area contributed by atoms with Gasteiger partial charge in [0.1, 0.15) is 17.6 Å². The Morgan fingerprint density at radius 1 is 1.25 bits per heavy atom. The van der Waals surface area contributed by atoms with Crippen LogP contribution >= 0.6 is 11.6 Å². The average molecular weight is 237 g/mol. The standard InChI is InChI=1S/C13H13ClO2/c1-8-3-4-10(11(14)7-8)13-6-5-12(16-13)9(2)15/h3-7,9,15H,1-2H3. The molecule has 2 nitrogen and oxygen atoms in total. The fourth-order valence-electron chi connectivity index (χ4n) is 1.54. The van der Waals surface area contributed by atoms with E-state index in [9.17, 15) is 5.11 Å². The van der Waals surface area contributed by atoms with Crippen LogP contribution in [0.15, 0.2) is 34.7 Å². The quantitative estimate of drug-likeness (QED) is 0.856. The summed E-state index contributed by atoms with van der Waals surface area (Å²) in [7, 11) is 0. The van der Waals surface area contributed by atoms with Crippen molar-refractivity contribution in [3.63, 3.8) is 0 Å². The summed E-state index contributed by atoms with van der Waals surface area (Å²) in [5, 5.41) is 10.0. The molecule has 0 bridgehead atoms. The first-order valence-corrected chi connectivity index (χ1v) is 5.50. The first-order chi connectivity index (χ1) is 7.58. The predicted molar refractivity (Wildman–Crippen MR) is 64.5 cm³/mol. The molecule has 0 radical (unpaired) electrons. The second kappa shape index (κ2) is 4.32. The summed E-state index contributed by atoms with van der Waals surface area (Å²) in [6.07, 6.45) is -0.599. The van der Waals surface area contributed by atoms with Gasteiger partial charge in [-0.25, -0.2) is 0 Å². The summed E-state index contributed by atoms with van der Waals surface area (Å²) < 4.78 is 5.52. The molecule has 0 aliphatic carbocycles. The van der Waals surface area contributed by atoms with E-state index in [0.29, 0.717) is 16.5 Å². The molecule has 1 aromatic heterocycles. The molecule has 84 valence electrons. The molecule has 0 saturated carbocycles. The number of aliphatic hydroxyl groups excluding tert-OH is 1. The summed E-state index contributed by atoms with van der Waals surface area (Å²) in [4.78, 5) is 0. The Bertz CT molecular complexity index is 500. The number of hydrogen-bond acceptors (Lipinski definition) is 2. The van der Waals surface area contributed by atoms with E-state index in [1.54, 1.807) is 13.0 Å². The second-order valence-corrected chi connectivity index (χ2v) is 4.27. The van der Waals surface area contributed by atoms with Crippen LogP contribution in [0.3, 0.4) is 0 Å². The maximum atomic E-state index is 9.37. The van der Waals surface area contributed by atoms with Crippen molar-refractivity contribution < 1.29 is 9.52 Å². The minimum absolute atomic E-state index is 0.548. The van der Waals surface area contributed by atoms with Crippen LogP contribution in [-0.4, -0.2) is 5.11 Å². The fourth-order valence-corrected chi connectivity index (χ4v) is 1.87. The first-order valence-electron chi connectivity index (χ1n) is 5.12. The Labute approximate surface area is 99.5 Å². The Morgan fingerprint density at radius 2 is 2.00 bits per heavy atom. The molecule has 1 N–H and O–H groups in total. The lowest BCUT2D eigenvalue weighted by Gasteiger charge is -2.03. The topological polar surface area (TPSA) is 33.4 Å². The SMILES string of the molecule is Cc1ccc(-c2ccc(C(C)O)o2)c(Cl)c1. The zero-order valence-electron chi connectivity index (χ0n) is 9.20. The Kier molecular flexibility index (Phi) is 3.03. The molecule has 0 amide bonds. The van der Waals surface area contributed by atoms with Crippen molar-refractivity contribution >= 4 is 11.6 Å². The normalized spacial score (nSPS) is 12.8. The molecule has 0 aliphatic rings. The number of furan rings is 1. The van der Waals surface area contributed by atoms with Gasteiger partial charge in [0.2, 0.25) is 0 Å². The van der Waals surface area contributed by atoms with Gasteiger partial charge >= 0.3 is 0 Å². The van der Waals surface area contributed by atoms with Gasteiger partial charge in [-0.3, -0.25) is 0 Å². The maximum Gasteiger partial charge on any atom is 0.135 e. The Balaban J connectivity index is 2.42. The van der Waals surface area contributed by atoms with E-state index in [1.165, 1.54) is 0 Å². The lowest BCUT2D eigenvalue weighted by Crippen LogP contribution is -1.85. The largest absolute Gasteiger partial charge is 0.458 e. The number of benzene rings is 1. The highest BCUT2D eigenvalue weighted by Gasteiger charge is 2.11. The fraction of sp³-hybridized carbons (Fsp3) is 0.231. The van der Waals surface area contributed by atoms with E-state index >= 15 is 0 Å². The molecule has 0 fully saturated rings. The van der Waals surface area contributed by atoms with Crippen LogP contribution in [0.4, 0.5) is 0 Å². The van der Waals surface area contributed by atoms with Crippen LogP contribution in [-0.2, 0) is 0 Å². The lowest BCUT2D eigenvalue weighted by atomic mass is 10.1. The third kappa shape index (κ3) is 2.13. The van der Waals surface area contributed by atoms with Crippen molar-refractivity contribution in [3.8, 4) is 11.3 Å². The number of aliphatic hydroxyl groups is 1. The summed E-state index contributed by atoms with van der Waals surface area (Å²) in [5.74, 6) is 1.23. The zero-order chi connectivity index (χ0) is 11.7. The van der Waals surface area contributed by atoms with E-state index in [2.05, 4.69) is 0 Å². The average Bonchev–Trinajstić information content (AvgIpc) is 2.66. The number of hydrogen-bond donors (Lipinski definition) is 1. The summed E-state index contributed by atoms with van der Waals surface area (Å²) in [6.45, 7) is 3.65. The Hall–Kier alpha value is -1.25. The van der Waals surface area contributed by atoms with Crippen LogP contribution < -0.4 is 0 Å². The third-order valence-corrected chi connectivity index (χ3v) is 2.74. The van der Waals surface area contributed by atoms with Gasteiger partial charge in [-0.2, -0.15) is 0 Å². The van der Waals surface area contributed by atoms with Gasteiger partial charge in [0.25, 0.3) is 0 Å². The van der Waals surface area contributed by atoms with Crippen molar-refractivity contribution in [2.45, 2.75) is 20.0 Å². The number of halogens is 1. The lowest BCUT2D eigenvalue weighted by molar-refractivity contribution is 0.170. The minimum Gasteiger partial charge on any atom is -0.458 e. The van der Waals surface area contributed by atoms with Crippen LogP contribution in [0, 0.1) is 6.92 Å². The molecular formula is C13H13ClO2. The van der Waals surface area contributed by atoms with Crippen LogP contribution in [0.2, 0.25) is 5.02 Å². The summed E-state index contributed by atoms with van der Waals surface area (Å²) in [6, 6.07) is 9.37. The van der Waals surface area contributed by atoms with Crippen molar-refractivity contribution in [3.05, 3.63) is 46.7 Å². The highest BCUT2D eigenvalue weighted by Crippen LogP contribution is 2.31. The molecule has 0 spiro atoms. The highest BCUT2D eigenvalue weighted by atomic mass is 35.5. The molecule has 16 heavy (non-hydrogen) atoms. The first kappa shape index (κ1) is 11.2. The molecular weight excluding hydrogens is 224 g/mol. The highest BCUT2D eigenvalue weighted by molar-refractivity contribution is 6.33. The second-order valence-electron chi connectivity index (χ2n) is 3.86. The van der Waals surface area contributed by atoms with Gasteiger partial charge in [0.15, 0.2) is 0 Å². The van der Waals surface area contributed by atoms with Crippen LogP contribution in [0.5, 0.6) is 0 Å². The van der Waals surface area contributed by atoms with Gasteiger partial charge in [0.05, 0.1) is 5.02 Å². The maximum absolute atomic E-state index is 9.37. The van der Waals surface area contributed by atoms with Crippen molar-refractivity contribution in [2.24, 2.45) is 0 Å². The predicted octanol–water partition coefficient (Wildman–Crippen LogP) is 3.96. The summed E-state index contributed by atoms with van der Waals surface area (Å²) in [5.41, 5.74) is 1.95. The van der Waals surface area contributed by atoms with Crippen molar-refractivity contribution in [2.75, 3.05) is 0 Å². The molecule has 1 unspecified atom stereocenters. The molecule has 2 aromatic rings. The molecule has 0 aliphatic heterocycles. The molecule has 1 heterocycles. The molecule has 0 saturated heterocycles. The van der Waals surface area contributed by atoms with Gasteiger partial charge in [-0.1, -0.05) is 17.7 Å².